The standard InChI is InChI=1S/C11H16N4O3/c1-5-14-10(16)8-9(13(4)11(14)17)12-7(3)15(8)18-6-2/h5-6H2,1-4H3. The van der Waals surface area contributed by atoms with Crippen molar-refractivity contribution in [3.63, 3.8) is 0 Å². The Morgan fingerprint density at radius 1 is 1.28 bits per heavy atom. The monoisotopic (exact) mass is 252 g/mol. The van der Waals surface area contributed by atoms with Gasteiger partial charge in [-0.1, -0.05) is 0 Å². The van der Waals surface area contributed by atoms with Gasteiger partial charge in [-0.2, -0.15) is 4.73 Å². The fourth-order valence-corrected chi connectivity index (χ4v) is 1.97. The van der Waals surface area contributed by atoms with Gasteiger partial charge in [-0.3, -0.25) is 13.9 Å². The van der Waals surface area contributed by atoms with E-state index in [2.05, 4.69) is 4.98 Å². The molecule has 0 amide bonds. The van der Waals surface area contributed by atoms with Crippen molar-refractivity contribution in [2.45, 2.75) is 27.3 Å². The van der Waals surface area contributed by atoms with Crippen LogP contribution in [0.15, 0.2) is 9.59 Å². The molecule has 0 spiro atoms. The molecule has 2 aromatic rings. The van der Waals surface area contributed by atoms with Crippen molar-refractivity contribution >= 4 is 11.2 Å². The van der Waals surface area contributed by atoms with Crippen molar-refractivity contribution in [3.05, 3.63) is 26.7 Å². The molecule has 2 rings (SSSR count). The quantitative estimate of drug-likeness (QED) is 0.750. The van der Waals surface area contributed by atoms with Crippen LogP contribution < -0.4 is 16.1 Å². The van der Waals surface area contributed by atoms with Gasteiger partial charge in [-0.05, 0) is 20.8 Å². The molecule has 98 valence electrons. The number of rotatable bonds is 3. The van der Waals surface area contributed by atoms with E-state index in [0.29, 0.717) is 30.1 Å². The molecule has 0 saturated carbocycles. The molecule has 0 unspecified atom stereocenters. The SMILES string of the molecule is CCOn1c(C)nc2c1c(=O)n(CC)c(=O)n2C. The lowest BCUT2D eigenvalue weighted by Crippen LogP contribution is -2.39. The lowest BCUT2D eigenvalue weighted by atomic mass is 10.5. The predicted octanol–water partition coefficient (Wildman–Crippen LogP) is -0.326. The third-order valence-corrected chi connectivity index (χ3v) is 2.83. The molecule has 7 nitrogen and oxygen atoms in total. The molecule has 0 radical (unpaired) electrons. The average molecular weight is 252 g/mol. The maximum absolute atomic E-state index is 12.3. The van der Waals surface area contributed by atoms with Gasteiger partial charge in [0.15, 0.2) is 11.2 Å². The van der Waals surface area contributed by atoms with E-state index < -0.39 is 0 Å². The molecule has 18 heavy (non-hydrogen) atoms. The molecule has 0 N–H and O–H groups in total. The highest BCUT2D eigenvalue weighted by atomic mass is 16.7. The highest BCUT2D eigenvalue weighted by Crippen LogP contribution is 2.08. The van der Waals surface area contributed by atoms with E-state index in [4.69, 9.17) is 4.84 Å². The summed E-state index contributed by atoms with van der Waals surface area (Å²) >= 11 is 0. The van der Waals surface area contributed by atoms with E-state index in [1.165, 1.54) is 13.9 Å². The maximum Gasteiger partial charge on any atom is 0.332 e. The first kappa shape index (κ1) is 12.4. The summed E-state index contributed by atoms with van der Waals surface area (Å²) in [7, 11) is 1.60. The number of hydrogen-bond donors (Lipinski definition) is 0. The molecule has 0 bridgehead atoms. The zero-order chi connectivity index (χ0) is 13.4. The Kier molecular flexibility index (Phi) is 2.98. The number of nitrogens with zero attached hydrogens (tertiary/aromatic N) is 4. The van der Waals surface area contributed by atoms with Crippen LogP contribution in [0.3, 0.4) is 0 Å². The minimum atomic E-state index is -0.371. The molecule has 7 heteroatoms. The van der Waals surface area contributed by atoms with Gasteiger partial charge >= 0.3 is 5.69 Å². The molecule has 0 atom stereocenters. The van der Waals surface area contributed by atoms with Crippen molar-refractivity contribution in [1.82, 2.24) is 18.8 Å². The van der Waals surface area contributed by atoms with E-state index in [9.17, 15) is 9.59 Å². The topological polar surface area (TPSA) is 71.1 Å². The molecule has 2 aromatic heterocycles. The third-order valence-electron chi connectivity index (χ3n) is 2.83. The lowest BCUT2D eigenvalue weighted by molar-refractivity contribution is 0.125. The van der Waals surface area contributed by atoms with E-state index in [0.717, 1.165) is 0 Å². The average Bonchev–Trinajstić information content (AvgIpc) is 2.66. The molecule has 0 aliphatic heterocycles. The number of fused-ring (bicyclic) bond motifs is 1. The van der Waals surface area contributed by atoms with Gasteiger partial charge in [0.05, 0.1) is 0 Å². The van der Waals surface area contributed by atoms with Crippen molar-refractivity contribution in [2.75, 3.05) is 6.61 Å². The van der Waals surface area contributed by atoms with Crippen LogP contribution in [0.1, 0.15) is 19.7 Å². The molecule has 0 aromatic carbocycles. The van der Waals surface area contributed by atoms with Crippen LogP contribution in [0.2, 0.25) is 0 Å². The van der Waals surface area contributed by atoms with Crippen molar-refractivity contribution in [3.8, 4) is 0 Å². The lowest BCUT2D eigenvalue weighted by Gasteiger charge is -2.08. The molecular formula is C11H16N4O3. The van der Waals surface area contributed by atoms with Gasteiger partial charge in [-0.25, -0.2) is 9.78 Å². The predicted molar refractivity (Wildman–Crippen MR) is 66.8 cm³/mol. The van der Waals surface area contributed by atoms with E-state index in [1.807, 2.05) is 6.92 Å². The first-order valence-corrected chi connectivity index (χ1v) is 5.85. The number of aryl methyl sites for hydroxylation is 2. The summed E-state index contributed by atoms with van der Waals surface area (Å²) in [6, 6.07) is 0. The van der Waals surface area contributed by atoms with Crippen LogP contribution in [0.4, 0.5) is 0 Å². The van der Waals surface area contributed by atoms with Crippen LogP contribution in [0.5, 0.6) is 0 Å². The van der Waals surface area contributed by atoms with Crippen LogP contribution in [0, 0.1) is 6.92 Å². The second-order valence-electron chi connectivity index (χ2n) is 3.93. The van der Waals surface area contributed by atoms with Crippen LogP contribution in [-0.4, -0.2) is 25.5 Å². The molecular weight excluding hydrogens is 236 g/mol. The molecule has 0 saturated heterocycles. The fraction of sp³-hybridized carbons (Fsp3) is 0.545. The van der Waals surface area contributed by atoms with Gasteiger partial charge in [0, 0.05) is 13.6 Å². The van der Waals surface area contributed by atoms with Crippen LogP contribution >= 0.6 is 0 Å². The van der Waals surface area contributed by atoms with Crippen LogP contribution in [0.25, 0.3) is 11.2 Å². The van der Waals surface area contributed by atoms with E-state index in [-0.39, 0.29) is 11.2 Å². The first-order valence-electron chi connectivity index (χ1n) is 5.85. The van der Waals surface area contributed by atoms with Crippen molar-refractivity contribution in [1.29, 1.82) is 0 Å². The summed E-state index contributed by atoms with van der Waals surface area (Å²) in [5.41, 5.74) is -0.0836. The molecule has 0 aliphatic rings. The summed E-state index contributed by atoms with van der Waals surface area (Å²) in [5.74, 6) is 0.549. The zero-order valence-corrected chi connectivity index (χ0v) is 10.9. The normalized spacial score (nSPS) is 11.1. The number of aromatic nitrogens is 4. The summed E-state index contributed by atoms with van der Waals surface area (Å²) < 4.78 is 3.92. The van der Waals surface area contributed by atoms with Gasteiger partial charge in [0.2, 0.25) is 0 Å². The van der Waals surface area contributed by atoms with E-state index >= 15 is 0 Å². The second kappa shape index (κ2) is 4.32. The summed E-state index contributed by atoms with van der Waals surface area (Å²) in [5, 5.41) is 0. The van der Waals surface area contributed by atoms with Crippen LogP contribution in [-0.2, 0) is 13.6 Å². The summed E-state index contributed by atoms with van der Waals surface area (Å²) in [6.07, 6.45) is 0. The fourth-order valence-electron chi connectivity index (χ4n) is 1.97. The molecule has 2 heterocycles. The Morgan fingerprint density at radius 2 is 1.94 bits per heavy atom. The first-order chi connectivity index (χ1) is 8.52. The summed E-state index contributed by atoms with van der Waals surface area (Å²) in [6.45, 7) is 6.04. The number of hydrogen-bond acceptors (Lipinski definition) is 4. The highest BCUT2D eigenvalue weighted by Gasteiger charge is 2.18. The number of imidazole rings is 1. The van der Waals surface area contributed by atoms with E-state index in [1.54, 1.807) is 20.9 Å². The Labute approximate surface area is 103 Å². The van der Waals surface area contributed by atoms with Gasteiger partial charge < -0.3 is 4.84 Å². The van der Waals surface area contributed by atoms with Gasteiger partial charge in [0.1, 0.15) is 12.4 Å². The third kappa shape index (κ3) is 1.54. The highest BCUT2D eigenvalue weighted by molar-refractivity contribution is 5.70. The van der Waals surface area contributed by atoms with Gasteiger partial charge in [0.25, 0.3) is 5.56 Å². The summed E-state index contributed by atoms with van der Waals surface area (Å²) in [4.78, 5) is 33.8. The largest absolute Gasteiger partial charge is 0.412 e. The Hall–Kier alpha value is -2.05. The second-order valence-corrected chi connectivity index (χ2v) is 3.93. The Morgan fingerprint density at radius 3 is 2.50 bits per heavy atom. The Bertz CT molecular complexity index is 708. The Balaban J connectivity index is 3.00. The minimum Gasteiger partial charge on any atom is -0.412 e. The molecule has 0 aliphatic carbocycles. The van der Waals surface area contributed by atoms with Crippen molar-refractivity contribution in [2.24, 2.45) is 7.05 Å². The smallest absolute Gasteiger partial charge is 0.332 e. The minimum absolute atomic E-state index is 0.304. The van der Waals surface area contributed by atoms with Crippen molar-refractivity contribution < 1.29 is 4.84 Å². The maximum atomic E-state index is 12.3. The van der Waals surface area contributed by atoms with Gasteiger partial charge in [-0.15, -0.1) is 0 Å². The zero-order valence-electron chi connectivity index (χ0n) is 10.9. The molecule has 0 fully saturated rings.